The molecule has 0 aliphatic heterocycles. The summed E-state index contributed by atoms with van der Waals surface area (Å²) >= 11 is 6.15. The lowest BCUT2D eigenvalue weighted by Crippen LogP contribution is -2.25. The van der Waals surface area contributed by atoms with E-state index in [1.807, 2.05) is 13.0 Å². The van der Waals surface area contributed by atoms with E-state index >= 15 is 0 Å². The van der Waals surface area contributed by atoms with Crippen LogP contribution < -0.4 is 4.90 Å². The van der Waals surface area contributed by atoms with Crippen molar-refractivity contribution in [3.8, 4) is 0 Å². The second-order valence-electron chi connectivity index (χ2n) is 5.68. The molecule has 2 nitrogen and oxygen atoms in total. The third kappa shape index (κ3) is 3.30. The molecule has 19 heavy (non-hydrogen) atoms. The van der Waals surface area contributed by atoms with Gasteiger partial charge in [-0.15, -0.1) is 0 Å². The molecular formula is C16H22ClNO. The van der Waals surface area contributed by atoms with Crippen molar-refractivity contribution in [2.24, 2.45) is 5.92 Å². The van der Waals surface area contributed by atoms with E-state index in [9.17, 15) is 4.79 Å². The number of hydrogen-bond acceptors (Lipinski definition) is 2. The maximum Gasteiger partial charge on any atom is 0.160 e. The molecule has 0 heterocycles. The van der Waals surface area contributed by atoms with Gasteiger partial charge in [0.2, 0.25) is 0 Å². The summed E-state index contributed by atoms with van der Waals surface area (Å²) < 4.78 is 0. The van der Waals surface area contributed by atoms with Crippen LogP contribution in [0.2, 0.25) is 5.02 Å². The minimum atomic E-state index is 0.0792. The molecule has 0 radical (unpaired) electrons. The molecule has 1 aromatic rings. The Hall–Kier alpha value is -1.02. The van der Waals surface area contributed by atoms with Crippen molar-refractivity contribution in [3.05, 3.63) is 28.3 Å². The lowest BCUT2D eigenvalue weighted by Gasteiger charge is -2.26. The van der Waals surface area contributed by atoms with Crippen LogP contribution in [0.4, 0.5) is 5.69 Å². The molecule has 104 valence electrons. The number of halogens is 1. The van der Waals surface area contributed by atoms with Crippen LogP contribution in [0.15, 0.2) is 12.1 Å². The zero-order valence-corrected chi connectivity index (χ0v) is 12.8. The van der Waals surface area contributed by atoms with Gasteiger partial charge < -0.3 is 4.90 Å². The molecular weight excluding hydrogens is 258 g/mol. The van der Waals surface area contributed by atoms with E-state index in [1.165, 1.54) is 25.7 Å². The third-order valence-corrected chi connectivity index (χ3v) is 4.36. The number of nitrogens with zero attached hydrogens (tertiary/aromatic N) is 1. The van der Waals surface area contributed by atoms with Gasteiger partial charge in [-0.25, -0.2) is 0 Å². The minimum Gasteiger partial charge on any atom is -0.374 e. The van der Waals surface area contributed by atoms with Crippen LogP contribution in [-0.2, 0) is 0 Å². The van der Waals surface area contributed by atoms with E-state index in [1.54, 1.807) is 13.0 Å². The predicted octanol–water partition coefficient (Wildman–Crippen LogP) is 4.48. The fourth-order valence-corrected chi connectivity index (χ4v) is 3.32. The van der Waals surface area contributed by atoms with Gasteiger partial charge in [0.25, 0.3) is 0 Å². The molecule has 0 atom stereocenters. The van der Waals surface area contributed by atoms with E-state index in [2.05, 4.69) is 11.9 Å². The summed E-state index contributed by atoms with van der Waals surface area (Å²) in [5, 5.41) is 0.643. The third-order valence-electron chi connectivity index (χ3n) is 4.14. The molecule has 0 N–H and O–H groups in total. The van der Waals surface area contributed by atoms with Crippen LogP contribution in [0.3, 0.4) is 0 Å². The van der Waals surface area contributed by atoms with Crippen molar-refractivity contribution >= 4 is 23.1 Å². The molecule has 2 rings (SSSR count). The van der Waals surface area contributed by atoms with Crippen LogP contribution in [0.25, 0.3) is 0 Å². The first-order valence-corrected chi connectivity index (χ1v) is 7.39. The molecule has 1 aliphatic carbocycles. The molecule has 0 unspecified atom stereocenters. The molecule has 1 fully saturated rings. The van der Waals surface area contributed by atoms with Gasteiger partial charge in [0.05, 0.1) is 0 Å². The maximum absolute atomic E-state index is 11.7. The average Bonchev–Trinajstić information content (AvgIpc) is 2.84. The first-order chi connectivity index (χ1) is 8.99. The van der Waals surface area contributed by atoms with E-state index in [-0.39, 0.29) is 5.78 Å². The van der Waals surface area contributed by atoms with Crippen molar-refractivity contribution in [1.29, 1.82) is 0 Å². The van der Waals surface area contributed by atoms with E-state index < -0.39 is 0 Å². The lowest BCUT2D eigenvalue weighted by molar-refractivity contribution is 0.101. The molecule has 1 aromatic carbocycles. The quantitative estimate of drug-likeness (QED) is 0.758. The fourth-order valence-electron chi connectivity index (χ4n) is 3.11. The van der Waals surface area contributed by atoms with Crippen LogP contribution in [0.1, 0.15) is 48.5 Å². The number of benzene rings is 1. The highest BCUT2D eigenvalue weighted by atomic mass is 35.5. The normalized spacial score (nSPS) is 15.8. The van der Waals surface area contributed by atoms with Crippen LogP contribution in [0.5, 0.6) is 0 Å². The Bertz CT molecular complexity index is 478. The maximum atomic E-state index is 11.7. The Labute approximate surface area is 120 Å². The number of rotatable bonds is 4. The Morgan fingerprint density at radius 3 is 2.58 bits per heavy atom. The van der Waals surface area contributed by atoms with Gasteiger partial charge in [-0.3, -0.25) is 4.79 Å². The first-order valence-electron chi connectivity index (χ1n) is 7.01. The largest absolute Gasteiger partial charge is 0.374 e. The lowest BCUT2D eigenvalue weighted by atomic mass is 10.0. The fraction of sp³-hybridized carbons (Fsp3) is 0.562. The van der Waals surface area contributed by atoms with Crippen LogP contribution in [0, 0.1) is 12.8 Å². The summed E-state index contributed by atoms with van der Waals surface area (Å²) in [4.78, 5) is 13.9. The van der Waals surface area contributed by atoms with E-state index in [0.29, 0.717) is 5.02 Å². The minimum absolute atomic E-state index is 0.0792. The number of ketones is 1. The van der Waals surface area contributed by atoms with Gasteiger partial charge in [0.15, 0.2) is 5.78 Å². The van der Waals surface area contributed by atoms with E-state index in [0.717, 1.165) is 29.3 Å². The van der Waals surface area contributed by atoms with Gasteiger partial charge in [-0.1, -0.05) is 24.4 Å². The topological polar surface area (TPSA) is 20.3 Å². The summed E-state index contributed by atoms with van der Waals surface area (Å²) in [7, 11) is 2.10. The number of carbonyl (C=O) groups is 1. The zero-order valence-electron chi connectivity index (χ0n) is 12.0. The summed E-state index contributed by atoms with van der Waals surface area (Å²) in [6.45, 7) is 4.66. The second kappa shape index (κ2) is 5.96. The summed E-state index contributed by atoms with van der Waals surface area (Å²) in [5.41, 5.74) is 2.86. The van der Waals surface area contributed by atoms with Crippen molar-refractivity contribution in [2.45, 2.75) is 39.5 Å². The molecule has 0 bridgehead atoms. The molecule has 0 spiro atoms. The summed E-state index contributed by atoms with van der Waals surface area (Å²) in [5.74, 6) is 0.861. The standard InChI is InChI=1S/C16H22ClNO/c1-11-15(12(2)19)8-14(17)9-16(11)18(3)10-13-6-4-5-7-13/h8-9,13H,4-7,10H2,1-3H3. The smallest absolute Gasteiger partial charge is 0.160 e. The van der Waals surface area contributed by atoms with Crippen LogP contribution in [-0.4, -0.2) is 19.4 Å². The highest BCUT2D eigenvalue weighted by Crippen LogP contribution is 2.31. The van der Waals surface area contributed by atoms with Gasteiger partial charge in [0, 0.05) is 29.9 Å². The molecule has 3 heteroatoms. The van der Waals surface area contributed by atoms with E-state index in [4.69, 9.17) is 11.6 Å². The van der Waals surface area contributed by atoms with Crippen molar-refractivity contribution in [2.75, 3.05) is 18.5 Å². The predicted molar refractivity (Wildman–Crippen MR) is 81.4 cm³/mol. The number of anilines is 1. The summed E-state index contributed by atoms with van der Waals surface area (Å²) in [6, 6.07) is 3.74. The molecule has 1 aliphatic rings. The van der Waals surface area contributed by atoms with Crippen LogP contribution >= 0.6 is 11.6 Å². The number of carbonyl (C=O) groups excluding carboxylic acids is 1. The first kappa shape index (κ1) is 14.4. The second-order valence-corrected chi connectivity index (χ2v) is 6.12. The van der Waals surface area contributed by atoms with Gasteiger partial charge in [-0.05, 0) is 50.3 Å². The highest BCUT2D eigenvalue weighted by Gasteiger charge is 2.19. The molecule has 0 aromatic heterocycles. The monoisotopic (exact) mass is 279 g/mol. The van der Waals surface area contributed by atoms with Crippen molar-refractivity contribution in [1.82, 2.24) is 0 Å². The highest BCUT2D eigenvalue weighted by molar-refractivity contribution is 6.31. The Morgan fingerprint density at radius 1 is 1.37 bits per heavy atom. The number of Topliss-reactive ketones (excluding diaryl/α,β-unsaturated/α-hetero) is 1. The molecule has 1 saturated carbocycles. The number of hydrogen-bond donors (Lipinski definition) is 0. The SMILES string of the molecule is CC(=O)c1cc(Cl)cc(N(C)CC2CCCC2)c1C. The van der Waals surface area contributed by atoms with Gasteiger partial charge in [0.1, 0.15) is 0 Å². The Morgan fingerprint density at radius 2 is 2.00 bits per heavy atom. The molecule has 0 saturated heterocycles. The average molecular weight is 280 g/mol. The van der Waals surface area contributed by atoms with Crippen molar-refractivity contribution < 1.29 is 4.79 Å². The Balaban J connectivity index is 2.24. The summed E-state index contributed by atoms with van der Waals surface area (Å²) in [6.07, 6.45) is 5.35. The van der Waals surface area contributed by atoms with Crippen molar-refractivity contribution in [3.63, 3.8) is 0 Å². The van der Waals surface area contributed by atoms with Gasteiger partial charge in [-0.2, -0.15) is 0 Å². The Kier molecular flexibility index (Phi) is 4.51. The molecule has 0 amide bonds. The van der Waals surface area contributed by atoms with Gasteiger partial charge >= 0.3 is 0 Å². The zero-order chi connectivity index (χ0) is 14.0.